The van der Waals surface area contributed by atoms with Gasteiger partial charge in [-0.3, -0.25) is 9.69 Å². The molecule has 0 rings (SSSR count). The quantitative estimate of drug-likeness (QED) is 0.176. The molecule has 10 heteroatoms. The first-order chi connectivity index (χ1) is 15.8. The van der Waals surface area contributed by atoms with E-state index in [4.69, 9.17) is 25.5 Å². The summed E-state index contributed by atoms with van der Waals surface area (Å²) in [6.45, 7) is 5.49. The van der Waals surface area contributed by atoms with Crippen LogP contribution in [0, 0.1) is 0 Å². The molecule has 0 bridgehead atoms. The van der Waals surface area contributed by atoms with Gasteiger partial charge in [0, 0.05) is 26.1 Å². The highest BCUT2D eigenvalue weighted by atomic mass is 16.4. The minimum Gasteiger partial charge on any atom is -0.480 e. The number of nitrogens with zero attached hydrogens (tertiary/aromatic N) is 2. The number of hydrogen-bond donors (Lipinski definition) is 5. The molecular weight excluding hydrogens is 432 g/mol. The summed E-state index contributed by atoms with van der Waals surface area (Å²) in [5.74, 6) is -1.90. The molecule has 0 heterocycles. The van der Waals surface area contributed by atoms with Crippen LogP contribution in [0.5, 0.6) is 0 Å². The number of imide groups is 1. The van der Waals surface area contributed by atoms with Gasteiger partial charge in [0.25, 0.3) is 0 Å². The summed E-state index contributed by atoms with van der Waals surface area (Å²) in [5.41, 5.74) is 0. The van der Waals surface area contributed by atoms with Crippen molar-refractivity contribution in [2.75, 3.05) is 39.5 Å². The van der Waals surface area contributed by atoms with Crippen LogP contribution >= 0.6 is 0 Å². The van der Waals surface area contributed by atoms with Crippen molar-refractivity contribution < 1.29 is 39.9 Å². The monoisotopic (exact) mass is 478 g/mol. The molecule has 0 aromatic rings. The van der Waals surface area contributed by atoms with Gasteiger partial charge in [0.15, 0.2) is 0 Å². The number of hydrogen-bond acceptors (Lipinski definition) is 7. The average Bonchev–Trinajstić information content (AvgIpc) is 2.76. The minimum absolute atomic E-state index is 0.0694. The Hall–Kier alpha value is -1.75. The van der Waals surface area contributed by atoms with Crippen molar-refractivity contribution >= 4 is 18.0 Å². The fourth-order valence-electron chi connectivity index (χ4n) is 3.35. The van der Waals surface area contributed by atoms with E-state index in [9.17, 15) is 14.4 Å². The van der Waals surface area contributed by atoms with Crippen molar-refractivity contribution in [3.63, 3.8) is 0 Å². The van der Waals surface area contributed by atoms with E-state index in [-0.39, 0.29) is 32.7 Å². The molecule has 0 aliphatic rings. The third-order valence-electron chi connectivity index (χ3n) is 5.20. The molecule has 196 valence electrons. The zero-order chi connectivity index (χ0) is 25.5. The maximum Gasteiger partial charge on any atom is 0.414 e. The van der Waals surface area contributed by atoms with Crippen LogP contribution in [0.2, 0.25) is 0 Å². The van der Waals surface area contributed by atoms with Gasteiger partial charge in [0.05, 0.1) is 19.8 Å². The Bertz CT molecular complexity index is 491. The van der Waals surface area contributed by atoms with E-state index in [2.05, 4.69) is 6.92 Å². The molecule has 0 aliphatic carbocycles. The largest absolute Gasteiger partial charge is 0.480 e. The number of rotatable bonds is 19. The van der Waals surface area contributed by atoms with Crippen molar-refractivity contribution in [2.45, 2.75) is 90.5 Å². The van der Waals surface area contributed by atoms with Gasteiger partial charge in [-0.05, 0) is 12.8 Å². The fourth-order valence-corrected chi connectivity index (χ4v) is 3.35. The number of aliphatic hydroxyl groups excluding tert-OH is 3. The summed E-state index contributed by atoms with van der Waals surface area (Å²) in [5, 5.41) is 43.5. The van der Waals surface area contributed by atoms with Gasteiger partial charge in [-0.1, -0.05) is 65.2 Å². The molecule has 33 heavy (non-hydrogen) atoms. The molecule has 0 aliphatic heterocycles. The number of carboxylic acids is 1. The molecule has 1 unspecified atom stereocenters. The first kappa shape index (κ1) is 33.4. The van der Waals surface area contributed by atoms with Crippen LogP contribution in [0.1, 0.15) is 84.5 Å². The number of aliphatic hydroxyl groups is 3. The molecule has 5 N–H and O–H groups in total. The van der Waals surface area contributed by atoms with Crippen LogP contribution in [0.25, 0.3) is 0 Å². The summed E-state index contributed by atoms with van der Waals surface area (Å²) in [6, 6.07) is -1.29. The second-order valence-corrected chi connectivity index (χ2v) is 7.90. The number of aliphatic carboxylic acids is 1. The van der Waals surface area contributed by atoms with E-state index in [1.807, 2.05) is 0 Å². The topological polar surface area (TPSA) is 159 Å². The van der Waals surface area contributed by atoms with Gasteiger partial charge in [-0.25, -0.2) is 14.5 Å². The molecular formula is C23H46N2O8. The lowest BCUT2D eigenvalue weighted by Gasteiger charge is -2.23. The number of unbranched alkanes of at least 4 members (excludes halogenated alkanes) is 8. The third-order valence-corrected chi connectivity index (χ3v) is 5.20. The minimum atomic E-state index is -1.49. The maximum absolute atomic E-state index is 12.0. The first-order valence-corrected chi connectivity index (χ1v) is 12.1. The first-order valence-electron chi connectivity index (χ1n) is 12.1. The number of carbonyl (C=O) groups excluding carboxylic acids is 1. The highest BCUT2D eigenvalue weighted by Crippen LogP contribution is 2.13. The van der Waals surface area contributed by atoms with Gasteiger partial charge in [0.2, 0.25) is 5.91 Å². The third kappa shape index (κ3) is 18.4. The van der Waals surface area contributed by atoms with Crippen molar-refractivity contribution in [1.82, 2.24) is 9.80 Å². The van der Waals surface area contributed by atoms with Crippen molar-refractivity contribution in [3.05, 3.63) is 0 Å². The van der Waals surface area contributed by atoms with Crippen molar-refractivity contribution in [1.29, 1.82) is 0 Å². The Morgan fingerprint density at radius 3 is 1.45 bits per heavy atom. The van der Waals surface area contributed by atoms with Gasteiger partial charge < -0.3 is 25.5 Å². The molecule has 0 aromatic carbocycles. The summed E-state index contributed by atoms with van der Waals surface area (Å²) in [7, 11) is 0. The maximum atomic E-state index is 12.0. The predicted octanol–water partition coefficient (Wildman–Crippen LogP) is 2.54. The van der Waals surface area contributed by atoms with Gasteiger partial charge >= 0.3 is 12.1 Å². The average molecular weight is 479 g/mol. The lowest BCUT2D eigenvalue weighted by molar-refractivity contribution is -0.148. The molecule has 0 saturated heterocycles. The number of amides is 2. The molecule has 0 aromatic heterocycles. The highest BCUT2D eigenvalue weighted by Gasteiger charge is 2.32. The van der Waals surface area contributed by atoms with Crippen LogP contribution in [-0.4, -0.2) is 98.8 Å². The van der Waals surface area contributed by atoms with Crippen LogP contribution < -0.4 is 0 Å². The summed E-state index contributed by atoms with van der Waals surface area (Å²) in [6.07, 6.45) is 8.55. The predicted molar refractivity (Wildman–Crippen MR) is 126 cm³/mol. The summed E-state index contributed by atoms with van der Waals surface area (Å²) < 4.78 is 0. The SMILES string of the molecule is CCCCCCCCCCCC(=O)N(C(=O)O)C(CC)C(=O)O.OCCN(CCO)CCO. The van der Waals surface area contributed by atoms with Crippen molar-refractivity contribution in [3.8, 4) is 0 Å². The molecule has 2 amide bonds. The Morgan fingerprint density at radius 2 is 1.12 bits per heavy atom. The molecule has 0 radical (unpaired) electrons. The van der Waals surface area contributed by atoms with Crippen LogP contribution in [-0.2, 0) is 9.59 Å². The van der Waals surface area contributed by atoms with E-state index >= 15 is 0 Å². The lowest BCUT2D eigenvalue weighted by atomic mass is 10.1. The Kier molecular flexibility index (Phi) is 23.7. The van der Waals surface area contributed by atoms with Crippen LogP contribution in [0.15, 0.2) is 0 Å². The van der Waals surface area contributed by atoms with E-state index in [0.717, 1.165) is 19.3 Å². The van der Waals surface area contributed by atoms with Crippen LogP contribution in [0.3, 0.4) is 0 Å². The van der Waals surface area contributed by atoms with Gasteiger partial charge in [0.1, 0.15) is 6.04 Å². The van der Waals surface area contributed by atoms with E-state index in [1.165, 1.54) is 32.1 Å². The van der Waals surface area contributed by atoms with Crippen molar-refractivity contribution in [2.24, 2.45) is 0 Å². The normalized spacial score (nSPS) is 11.6. The number of carbonyl (C=O) groups is 3. The molecule has 10 nitrogen and oxygen atoms in total. The number of carboxylic acid groups (broad SMARTS) is 2. The zero-order valence-corrected chi connectivity index (χ0v) is 20.5. The van der Waals surface area contributed by atoms with E-state index in [0.29, 0.717) is 31.0 Å². The van der Waals surface area contributed by atoms with E-state index < -0.39 is 24.0 Å². The lowest BCUT2D eigenvalue weighted by Crippen LogP contribution is -2.47. The molecule has 0 spiro atoms. The second-order valence-electron chi connectivity index (χ2n) is 7.90. The standard InChI is InChI=1S/C17H31NO5.C6H15NO3/c1-3-5-6-7-8-9-10-11-12-13-15(19)18(17(22)23)14(4-2)16(20)21;8-4-1-7(2-5-9)3-6-10/h14H,3-13H2,1-2H3,(H,20,21)(H,22,23);8-10H,1-6H2. The Labute approximate surface area is 198 Å². The second kappa shape index (κ2) is 23.4. The summed E-state index contributed by atoms with van der Waals surface area (Å²) in [4.78, 5) is 36.4. The summed E-state index contributed by atoms with van der Waals surface area (Å²) >= 11 is 0. The van der Waals surface area contributed by atoms with Gasteiger partial charge in [-0.15, -0.1) is 0 Å². The Balaban J connectivity index is 0. The molecule has 0 saturated carbocycles. The Morgan fingerprint density at radius 1 is 0.697 bits per heavy atom. The highest BCUT2D eigenvalue weighted by molar-refractivity contribution is 5.95. The molecule has 0 fully saturated rings. The zero-order valence-electron chi connectivity index (χ0n) is 20.5. The molecule has 1 atom stereocenters. The smallest absolute Gasteiger partial charge is 0.414 e. The van der Waals surface area contributed by atoms with Crippen LogP contribution in [0.4, 0.5) is 4.79 Å². The fraction of sp³-hybridized carbons (Fsp3) is 0.870. The van der Waals surface area contributed by atoms with Gasteiger partial charge in [-0.2, -0.15) is 0 Å². The van der Waals surface area contributed by atoms with E-state index in [1.54, 1.807) is 11.8 Å².